The number of hydrogen-bond donors (Lipinski definition) is 0. The number of aryl methyl sites for hydroxylation is 1. The summed E-state index contributed by atoms with van der Waals surface area (Å²) in [4.78, 5) is 27.7. The van der Waals surface area contributed by atoms with Crippen LogP contribution in [0.25, 0.3) is 5.69 Å². The Hall–Kier alpha value is -2.50. The summed E-state index contributed by atoms with van der Waals surface area (Å²) < 4.78 is 15.6. The molecule has 0 N–H and O–H groups in total. The fourth-order valence-electron chi connectivity index (χ4n) is 5.40. The van der Waals surface area contributed by atoms with Crippen LogP contribution in [0.1, 0.15) is 56.2 Å². The van der Waals surface area contributed by atoms with Crippen LogP contribution in [-0.2, 0) is 0 Å². The largest absolute Gasteiger partial charge is 0.334 e. The lowest BCUT2D eigenvalue weighted by atomic mass is 9.65. The van der Waals surface area contributed by atoms with Crippen LogP contribution in [0.4, 0.5) is 4.39 Å². The zero-order valence-electron chi connectivity index (χ0n) is 16.8. The summed E-state index contributed by atoms with van der Waals surface area (Å²) in [6, 6.07) is 7.69. The van der Waals surface area contributed by atoms with Crippen LogP contribution in [0.5, 0.6) is 0 Å². The van der Waals surface area contributed by atoms with Gasteiger partial charge in [0.25, 0.3) is 5.91 Å². The molecule has 0 radical (unpaired) electrons. The maximum Gasteiger partial charge on any atom is 0.278 e. The van der Waals surface area contributed by atoms with Crippen LogP contribution in [0.15, 0.2) is 35.1 Å². The number of para-hydroxylation sites is 1. The normalized spacial score (nSPS) is 25.8. The Labute approximate surface area is 164 Å². The molecular weight excluding hydrogens is 357 g/mol. The number of halogens is 1. The fourth-order valence-corrected chi connectivity index (χ4v) is 5.40. The molecule has 1 aliphatic carbocycles. The Balaban J connectivity index is 1.74. The van der Waals surface area contributed by atoms with E-state index >= 15 is 0 Å². The number of hydrogen-bond acceptors (Lipinski definition) is 3. The fraction of sp³-hybridized carbons (Fsp3) is 0.500. The van der Waals surface area contributed by atoms with Crippen molar-refractivity contribution in [1.82, 2.24) is 14.7 Å². The minimum Gasteiger partial charge on any atom is -0.334 e. The van der Waals surface area contributed by atoms with Gasteiger partial charge in [-0.05, 0) is 49.1 Å². The van der Waals surface area contributed by atoms with E-state index in [1.54, 1.807) is 25.1 Å². The van der Waals surface area contributed by atoms with Crippen molar-refractivity contribution in [3.63, 3.8) is 0 Å². The molecule has 1 aliphatic heterocycles. The molecule has 1 aromatic carbocycles. The lowest BCUT2D eigenvalue weighted by Crippen LogP contribution is -2.40. The van der Waals surface area contributed by atoms with E-state index in [2.05, 4.69) is 25.9 Å². The third-order valence-electron chi connectivity index (χ3n) is 6.07. The molecule has 2 heterocycles. The molecule has 6 heteroatoms. The molecule has 2 fully saturated rings. The highest BCUT2D eigenvalue weighted by molar-refractivity contribution is 5.92. The van der Waals surface area contributed by atoms with Crippen molar-refractivity contribution in [2.45, 2.75) is 53.0 Å². The van der Waals surface area contributed by atoms with Gasteiger partial charge in [0, 0.05) is 24.3 Å². The van der Waals surface area contributed by atoms with Gasteiger partial charge < -0.3 is 4.90 Å². The van der Waals surface area contributed by atoms with Gasteiger partial charge in [-0.25, -0.2) is 9.07 Å². The van der Waals surface area contributed by atoms with Crippen molar-refractivity contribution in [1.29, 1.82) is 0 Å². The molecule has 2 aromatic rings. The summed E-state index contributed by atoms with van der Waals surface area (Å²) in [7, 11) is 0. The van der Waals surface area contributed by atoms with Crippen molar-refractivity contribution in [2.75, 3.05) is 6.54 Å². The minimum atomic E-state index is -0.452. The Kier molecular flexibility index (Phi) is 4.21. The van der Waals surface area contributed by atoms with E-state index in [-0.39, 0.29) is 34.2 Å². The monoisotopic (exact) mass is 383 g/mol. The van der Waals surface area contributed by atoms with Crippen molar-refractivity contribution < 1.29 is 9.18 Å². The van der Waals surface area contributed by atoms with Crippen LogP contribution >= 0.6 is 0 Å². The van der Waals surface area contributed by atoms with Gasteiger partial charge in [0.1, 0.15) is 11.5 Å². The van der Waals surface area contributed by atoms with Crippen LogP contribution in [0.3, 0.4) is 0 Å². The van der Waals surface area contributed by atoms with Crippen LogP contribution in [0, 0.1) is 23.6 Å². The first-order chi connectivity index (χ1) is 13.1. The Morgan fingerprint density at radius 1 is 1.21 bits per heavy atom. The van der Waals surface area contributed by atoms with Gasteiger partial charge in [0.15, 0.2) is 5.69 Å². The molecule has 2 bridgehead atoms. The molecule has 2 atom stereocenters. The van der Waals surface area contributed by atoms with Crippen LogP contribution < -0.4 is 5.43 Å². The summed E-state index contributed by atoms with van der Waals surface area (Å²) in [5.74, 6) is -0.798. The minimum absolute atomic E-state index is 0.0668. The molecule has 1 saturated carbocycles. The third kappa shape index (κ3) is 3.15. The van der Waals surface area contributed by atoms with Gasteiger partial charge in [-0.2, -0.15) is 5.10 Å². The molecule has 1 aromatic heterocycles. The first-order valence-corrected chi connectivity index (χ1v) is 9.76. The second-order valence-corrected chi connectivity index (χ2v) is 9.51. The standard InChI is InChI=1S/C22H26FN3O2/c1-14-9-18(27)19(24-26(14)17-8-6-5-7-16(17)23)20(28)25-13-22(4)11-15(25)10-21(2,3)12-22/h5-9,15H,10-13H2,1-4H3. The van der Waals surface area contributed by atoms with Crippen molar-refractivity contribution >= 4 is 5.91 Å². The maximum absolute atomic E-state index is 14.3. The van der Waals surface area contributed by atoms with Crippen molar-refractivity contribution in [2.24, 2.45) is 10.8 Å². The number of fused-ring (bicyclic) bond motifs is 2. The Morgan fingerprint density at radius 3 is 2.64 bits per heavy atom. The first kappa shape index (κ1) is 18.8. The number of amides is 1. The molecule has 148 valence electrons. The van der Waals surface area contributed by atoms with Gasteiger partial charge >= 0.3 is 0 Å². The van der Waals surface area contributed by atoms with E-state index in [0.717, 1.165) is 19.3 Å². The second-order valence-electron chi connectivity index (χ2n) is 9.51. The summed E-state index contributed by atoms with van der Waals surface area (Å²) in [6.45, 7) is 9.01. The van der Waals surface area contributed by atoms with Crippen LogP contribution in [-0.4, -0.2) is 33.2 Å². The third-order valence-corrected chi connectivity index (χ3v) is 6.07. The molecule has 2 aliphatic rings. The van der Waals surface area contributed by atoms with Gasteiger partial charge in [0.05, 0.1) is 0 Å². The average Bonchev–Trinajstić information content (AvgIpc) is 2.84. The van der Waals surface area contributed by atoms with E-state index in [1.807, 2.05) is 4.90 Å². The number of nitrogens with zero attached hydrogens (tertiary/aromatic N) is 3. The molecule has 2 unspecified atom stereocenters. The van der Waals surface area contributed by atoms with Gasteiger partial charge in [-0.3, -0.25) is 9.59 Å². The molecule has 4 rings (SSSR count). The Bertz CT molecular complexity index is 1010. The summed E-state index contributed by atoms with van der Waals surface area (Å²) in [5.41, 5.74) is 0.393. The quantitative estimate of drug-likeness (QED) is 0.794. The van der Waals surface area contributed by atoms with Gasteiger partial charge in [-0.15, -0.1) is 0 Å². The molecule has 1 saturated heterocycles. The smallest absolute Gasteiger partial charge is 0.278 e. The molecular formula is C22H26FN3O2. The summed E-state index contributed by atoms with van der Waals surface area (Å²) in [6.07, 6.45) is 2.93. The number of rotatable bonds is 2. The molecule has 28 heavy (non-hydrogen) atoms. The molecule has 1 amide bonds. The number of aromatic nitrogens is 2. The number of likely N-dealkylation sites (tertiary alicyclic amines) is 1. The van der Waals surface area contributed by atoms with E-state index in [9.17, 15) is 14.0 Å². The predicted molar refractivity (Wildman–Crippen MR) is 105 cm³/mol. The Morgan fingerprint density at radius 2 is 1.93 bits per heavy atom. The first-order valence-electron chi connectivity index (χ1n) is 9.76. The molecule has 0 spiro atoms. The van der Waals surface area contributed by atoms with E-state index < -0.39 is 11.2 Å². The highest BCUT2D eigenvalue weighted by Crippen LogP contribution is 2.52. The number of carbonyl (C=O) groups is 1. The van der Waals surface area contributed by atoms with E-state index in [4.69, 9.17) is 0 Å². The van der Waals surface area contributed by atoms with E-state index in [1.165, 1.54) is 16.8 Å². The zero-order chi connectivity index (χ0) is 20.3. The highest BCUT2D eigenvalue weighted by atomic mass is 19.1. The molecule has 5 nitrogen and oxygen atoms in total. The zero-order valence-corrected chi connectivity index (χ0v) is 16.8. The lowest BCUT2D eigenvalue weighted by molar-refractivity contribution is 0.0699. The number of carbonyl (C=O) groups excluding carboxylic acids is 1. The van der Waals surface area contributed by atoms with Gasteiger partial charge in [-0.1, -0.05) is 32.9 Å². The van der Waals surface area contributed by atoms with E-state index in [0.29, 0.717) is 12.2 Å². The predicted octanol–water partition coefficient (Wildman–Crippen LogP) is 3.72. The summed E-state index contributed by atoms with van der Waals surface area (Å²) >= 11 is 0. The maximum atomic E-state index is 14.3. The number of benzene rings is 1. The van der Waals surface area contributed by atoms with Gasteiger partial charge in [0.2, 0.25) is 5.43 Å². The SMILES string of the molecule is Cc1cc(=O)c(C(=O)N2CC3(C)CC2CC(C)(C)C3)nn1-c1ccccc1F. The van der Waals surface area contributed by atoms with Crippen molar-refractivity contribution in [3.05, 3.63) is 57.8 Å². The van der Waals surface area contributed by atoms with Crippen LogP contribution in [0.2, 0.25) is 0 Å². The summed E-state index contributed by atoms with van der Waals surface area (Å²) in [5, 5.41) is 4.29. The second kappa shape index (κ2) is 6.26. The topological polar surface area (TPSA) is 55.2 Å². The lowest BCUT2D eigenvalue weighted by Gasteiger charge is -2.39. The van der Waals surface area contributed by atoms with Crippen molar-refractivity contribution in [3.8, 4) is 5.69 Å². The average molecular weight is 383 g/mol. The highest BCUT2D eigenvalue weighted by Gasteiger charge is 2.51.